The molecule has 10 heteroatoms. The van der Waals surface area contributed by atoms with Crippen LogP contribution in [0.4, 0.5) is 13.2 Å². The van der Waals surface area contributed by atoms with E-state index in [9.17, 15) is 18.0 Å². The standard InChI is InChI=1S/C19H18F3N3O3S/c20-19(21,22)16-5-6-23-18(24-16)29-11-17(26)25-7-1-2-13(25)12-3-4-14-15(10-12)28-9-8-27-14/h3-6,10,13H,1-2,7-9,11H2. The molecule has 0 saturated carbocycles. The summed E-state index contributed by atoms with van der Waals surface area (Å²) >= 11 is 0.908. The Balaban J connectivity index is 1.43. The minimum atomic E-state index is -4.54. The monoisotopic (exact) mass is 425 g/mol. The lowest BCUT2D eigenvalue weighted by Crippen LogP contribution is -2.32. The van der Waals surface area contributed by atoms with Crippen LogP contribution in [-0.2, 0) is 11.0 Å². The van der Waals surface area contributed by atoms with E-state index in [4.69, 9.17) is 9.47 Å². The van der Waals surface area contributed by atoms with Gasteiger partial charge in [-0.15, -0.1) is 0 Å². The Morgan fingerprint density at radius 1 is 1.21 bits per heavy atom. The highest BCUT2D eigenvalue weighted by Gasteiger charge is 2.33. The number of alkyl halides is 3. The largest absolute Gasteiger partial charge is 0.486 e. The number of rotatable bonds is 4. The van der Waals surface area contributed by atoms with E-state index in [0.717, 1.165) is 42.4 Å². The fourth-order valence-corrected chi connectivity index (χ4v) is 4.17. The molecule has 1 fully saturated rings. The number of carbonyl (C=O) groups excluding carboxylic acids is 1. The minimum Gasteiger partial charge on any atom is -0.486 e. The summed E-state index contributed by atoms with van der Waals surface area (Å²) in [6, 6.07) is 6.38. The number of hydrogen-bond donors (Lipinski definition) is 0. The topological polar surface area (TPSA) is 64.6 Å². The van der Waals surface area contributed by atoms with Gasteiger partial charge >= 0.3 is 6.18 Å². The van der Waals surface area contributed by atoms with Crippen LogP contribution in [0.25, 0.3) is 0 Å². The van der Waals surface area contributed by atoms with E-state index in [1.54, 1.807) is 4.90 Å². The van der Waals surface area contributed by atoms with E-state index in [0.29, 0.717) is 31.3 Å². The highest BCUT2D eigenvalue weighted by Crippen LogP contribution is 2.38. The van der Waals surface area contributed by atoms with Crippen molar-refractivity contribution in [2.45, 2.75) is 30.2 Å². The van der Waals surface area contributed by atoms with Crippen molar-refractivity contribution in [2.24, 2.45) is 0 Å². The van der Waals surface area contributed by atoms with Gasteiger partial charge in [-0.1, -0.05) is 17.8 Å². The highest BCUT2D eigenvalue weighted by atomic mass is 32.2. The molecule has 0 spiro atoms. The summed E-state index contributed by atoms with van der Waals surface area (Å²) in [5.41, 5.74) is -0.0572. The van der Waals surface area contributed by atoms with E-state index in [2.05, 4.69) is 9.97 Å². The van der Waals surface area contributed by atoms with Gasteiger partial charge in [0.2, 0.25) is 5.91 Å². The molecule has 1 atom stereocenters. The number of nitrogens with zero attached hydrogens (tertiary/aromatic N) is 3. The second-order valence-electron chi connectivity index (χ2n) is 6.66. The molecular weight excluding hydrogens is 407 g/mol. The Morgan fingerprint density at radius 2 is 2.00 bits per heavy atom. The summed E-state index contributed by atoms with van der Waals surface area (Å²) in [5.74, 6) is 1.17. The lowest BCUT2D eigenvalue weighted by molar-refractivity contribution is -0.141. The number of benzene rings is 1. The van der Waals surface area contributed by atoms with Crippen molar-refractivity contribution in [3.05, 3.63) is 41.7 Å². The SMILES string of the molecule is O=C(CSc1nccc(C(F)(F)F)n1)N1CCCC1c1ccc2c(c1)OCCO2. The zero-order chi connectivity index (χ0) is 20.4. The molecule has 2 aromatic rings. The zero-order valence-electron chi connectivity index (χ0n) is 15.3. The number of carbonyl (C=O) groups is 1. The van der Waals surface area contributed by atoms with Crippen molar-refractivity contribution in [1.29, 1.82) is 0 Å². The summed E-state index contributed by atoms with van der Waals surface area (Å²) in [4.78, 5) is 21.8. The number of ether oxygens (including phenoxy) is 2. The molecule has 154 valence electrons. The van der Waals surface area contributed by atoms with Crippen LogP contribution in [0.1, 0.15) is 30.1 Å². The molecule has 2 aliphatic heterocycles. The predicted molar refractivity (Wildman–Crippen MR) is 98.9 cm³/mol. The van der Waals surface area contributed by atoms with Gasteiger partial charge in [0.05, 0.1) is 11.8 Å². The lowest BCUT2D eigenvalue weighted by atomic mass is 10.0. The zero-order valence-corrected chi connectivity index (χ0v) is 16.1. The molecule has 2 aliphatic rings. The summed E-state index contributed by atoms with van der Waals surface area (Å²) in [6.07, 6.45) is -1.82. The van der Waals surface area contributed by atoms with Crippen LogP contribution >= 0.6 is 11.8 Å². The maximum absolute atomic E-state index is 12.8. The second-order valence-corrected chi connectivity index (χ2v) is 7.60. The van der Waals surface area contributed by atoms with Crippen LogP contribution in [0.2, 0.25) is 0 Å². The van der Waals surface area contributed by atoms with E-state index in [-0.39, 0.29) is 22.9 Å². The Labute approximate surface area is 169 Å². The molecule has 0 aliphatic carbocycles. The number of hydrogen-bond acceptors (Lipinski definition) is 6. The maximum Gasteiger partial charge on any atom is 0.433 e. The number of fused-ring (bicyclic) bond motifs is 1. The molecule has 0 radical (unpaired) electrons. The summed E-state index contributed by atoms with van der Waals surface area (Å²) in [5, 5.41) is -0.0664. The van der Waals surface area contributed by atoms with E-state index >= 15 is 0 Å². The molecular formula is C19H18F3N3O3S. The third-order valence-electron chi connectivity index (χ3n) is 4.77. The van der Waals surface area contributed by atoms with Crippen molar-refractivity contribution < 1.29 is 27.4 Å². The van der Waals surface area contributed by atoms with E-state index in [1.807, 2.05) is 18.2 Å². The molecule has 1 amide bonds. The molecule has 29 heavy (non-hydrogen) atoms. The third-order valence-corrected chi connectivity index (χ3v) is 5.62. The molecule has 1 unspecified atom stereocenters. The number of thioether (sulfide) groups is 1. The van der Waals surface area contributed by atoms with Crippen LogP contribution in [-0.4, -0.2) is 46.3 Å². The normalized spacial score (nSPS) is 18.7. The number of aromatic nitrogens is 2. The summed E-state index contributed by atoms with van der Waals surface area (Å²) in [7, 11) is 0. The Hall–Kier alpha value is -2.49. The Bertz CT molecular complexity index is 910. The van der Waals surface area contributed by atoms with Crippen LogP contribution < -0.4 is 9.47 Å². The van der Waals surface area contributed by atoms with Crippen molar-refractivity contribution in [3.8, 4) is 11.5 Å². The highest BCUT2D eigenvalue weighted by molar-refractivity contribution is 7.99. The van der Waals surface area contributed by atoms with Gasteiger partial charge in [0.15, 0.2) is 16.7 Å². The van der Waals surface area contributed by atoms with E-state index < -0.39 is 11.9 Å². The first-order chi connectivity index (χ1) is 13.9. The van der Waals surface area contributed by atoms with Crippen LogP contribution in [0.15, 0.2) is 35.6 Å². The van der Waals surface area contributed by atoms with Gasteiger partial charge in [0, 0.05) is 12.7 Å². The van der Waals surface area contributed by atoms with Crippen molar-refractivity contribution in [2.75, 3.05) is 25.5 Å². The first kappa shape index (κ1) is 19.8. The molecule has 3 heterocycles. The molecule has 1 saturated heterocycles. The number of amides is 1. The van der Waals surface area contributed by atoms with Gasteiger partial charge in [-0.25, -0.2) is 9.97 Å². The molecule has 0 bridgehead atoms. The molecule has 4 rings (SSSR count). The molecule has 1 aromatic heterocycles. The first-order valence-electron chi connectivity index (χ1n) is 9.14. The third kappa shape index (κ3) is 4.42. The average molecular weight is 425 g/mol. The smallest absolute Gasteiger partial charge is 0.433 e. The fourth-order valence-electron chi connectivity index (χ4n) is 3.46. The number of likely N-dealkylation sites (tertiary alicyclic amines) is 1. The quantitative estimate of drug-likeness (QED) is 0.550. The first-order valence-corrected chi connectivity index (χ1v) is 10.1. The van der Waals surface area contributed by atoms with Crippen LogP contribution in [0, 0.1) is 0 Å². The van der Waals surface area contributed by atoms with Gasteiger partial charge < -0.3 is 14.4 Å². The van der Waals surface area contributed by atoms with Crippen molar-refractivity contribution in [3.63, 3.8) is 0 Å². The fraction of sp³-hybridized carbons (Fsp3) is 0.421. The number of halogens is 3. The summed E-state index contributed by atoms with van der Waals surface area (Å²) in [6.45, 7) is 1.59. The van der Waals surface area contributed by atoms with Gasteiger partial charge in [0.25, 0.3) is 0 Å². The van der Waals surface area contributed by atoms with Gasteiger partial charge in [0.1, 0.15) is 18.9 Å². The Kier molecular flexibility index (Phi) is 5.53. The Morgan fingerprint density at radius 3 is 2.79 bits per heavy atom. The predicted octanol–water partition coefficient (Wildman–Crippen LogP) is 3.72. The second kappa shape index (κ2) is 8.10. The molecule has 0 N–H and O–H groups in total. The molecule has 1 aromatic carbocycles. The lowest BCUT2D eigenvalue weighted by Gasteiger charge is -2.26. The summed E-state index contributed by atoms with van der Waals surface area (Å²) < 4.78 is 49.5. The van der Waals surface area contributed by atoms with Crippen LogP contribution in [0.3, 0.4) is 0 Å². The van der Waals surface area contributed by atoms with Crippen molar-refractivity contribution in [1.82, 2.24) is 14.9 Å². The van der Waals surface area contributed by atoms with Gasteiger partial charge in [-0.2, -0.15) is 13.2 Å². The van der Waals surface area contributed by atoms with Gasteiger partial charge in [-0.05, 0) is 36.6 Å². The average Bonchev–Trinajstić information content (AvgIpc) is 3.21. The minimum absolute atomic E-state index is 0.0254. The molecule has 6 nitrogen and oxygen atoms in total. The maximum atomic E-state index is 12.8. The van der Waals surface area contributed by atoms with Gasteiger partial charge in [-0.3, -0.25) is 4.79 Å². The van der Waals surface area contributed by atoms with E-state index in [1.165, 1.54) is 0 Å². The van der Waals surface area contributed by atoms with Crippen molar-refractivity contribution >= 4 is 17.7 Å². The van der Waals surface area contributed by atoms with Crippen LogP contribution in [0.5, 0.6) is 11.5 Å².